The summed E-state index contributed by atoms with van der Waals surface area (Å²) < 4.78 is 13.7. The smallest absolute Gasteiger partial charge is 0.118 e. The predicted molar refractivity (Wildman–Crippen MR) is 120 cm³/mol. The third-order valence-electron chi connectivity index (χ3n) is 4.70. The van der Waals surface area contributed by atoms with E-state index in [0.29, 0.717) is 26.2 Å². The molecule has 0 aliphatic carbocycles. The average Bonchev–Trinajstić information content (AvgIpc) is 3.49. The minimum Gasteiger partial charge on any atom is -0.497 e. The molecule has 10 heteroatoms. The van der Waals surface area contributed by atoms with Crippen molar-refractivity contribution in [3.63, 3.8) is 0 Å². The summed E-state index contributed by atoms with van der Waals surface area (Å²) >= 11 is 0. The van der Waals surface area contributed by atoms with E-state index in [1.807, 2.05) is 54.7 Å². The van der Waals surface area contributed by atoms with Gasteiger partial charge in [-0.15, -0.1) is 10.2 Å². The first-order valence-corrected chi connectivity index (χ1v) is 10.1. The van der Waals surface area contributed by atoms with Crippen molar-refractivity contribution in [2.75, 3.05) is 14.2 Å². The van der Waals surface area contributed by atoms with Crippen LogP contribution in [0.2, 0.25) is 0 Å². The maximum absolute atomic E-state index is 5.57. The molecule has 4 rings (SSSR count). The first-order chi connectivity index (χ1) is 15.6. The van der Waals surface area contributed by atoms with Crippen LogP contribution in [0.15, 0.2) is 60.9 Å². The van der Waals surface area contributed by atoms with Crippen LogP contribution in [0.1, 0.15) is 22.5 Å². The number of benzene rings is 2. The molecule has 2 aromatic heterocycles. The number of methoxy groups -OCH3 is 2. The van der Waals surface area contributed by atoms with Crippen LogP contribution in [0.4, 0.5) is 0 Å². The van der Waals surface area contributed by atoms with Gasteiger partial charge in [0.1, 0.15) is 11.5 Å². The minimum atomic E-state index is 0.419. The van der Waals surface area contributed by atoms with Crippen molar-refractivity contribution in [2.45, 2.75) is 26.2 Å². The molecule has 0 fully saturated rings. The van der Waals surface area contributed by atoms with Gasteiger partial charge in [0.05, 0.1) is 51.1 Å². The molecule has 0 atom stereocenters. The molecule has 0 spiro atoms. The molecule has 2 heterocycles. The van der Waals surface area contributed by atoms with Gasteiger partial charge in [0.15, 0.2) is 0 Å². The number of rotatable bonds is 8. The highest BCUT2D eigenvalue weighted by Gasteiger charge is 2.03. The predicted octanol–water partition coefficient (Wildman–Crippen LogP) is 1.59. The summed E-state index contributed by atoms with van der Waals surface area (Å²) in [6, 6.07) is 15.7. The lowest BCUT2D eigenvalue weighted by Crippen LogP contribution is -2.09. The Balaban J connectivity index is 0.000000181. The zero-order chi connectivity index (χ0) is 22.8. The fourth-order valence-corrected chi connectivity index (χ4v) is 2.90. The van der Waals surface area contributed by atoms with Crippen molar-refractivity contribution >= 4 is 0 Å². The Morgan fingerprint density at radius 1 is 0.781 bits per heavy atom. The topological polar surface area (TPSA) is 132 Å². The maximum Gasteiger partial charge on any atom is 0.118 e. The molecule has 0 radical (unpaired) electrons. The summed E-state index contributed by atoms with van der Waals surface area (Å²) in [6.45, 7) is 2.24. The molecule has 2 aromatic carbocycles. The second-order valence-electron chi connectivity index (χ2n) is 6.89. The number of aromatic nitrogens is 6. The molecule has 0 saturated carbocycles. The first-order valence-electron chi connectivity index (χ1n) is 10.1. The normalized spacial score (nSPS) is 10.4. The largest absolute Gasteiger partial charge is 0.497 e. The highest BCUT2D eigenvalue weighted by atomic mass is 16.5. The Morgan fingerprint density at radius 3 is 1.88 bits per heavy atom. The summed E-state index contributed by atoms with van der Waals surface area (Å²) in [4.78, 5) is 0. The molecule has 0 aliphatic heterocycles. The van der Waals surface area contributed by atoms with Gasteiger partial charge >= 0.3 is 0 Å². The highest BCUT2D eigenvalue weighted by Crippen LogP contribution is 2.13. The molecule has 32 heavy (non-hydrogen) atoms. The molecular weight excluding hydrogens is 408 g/mol. The Hall–Kier alpha value is -3.76. The van der Waals surface area contributed by atoms with Crippen LogP contribution in [0.3, 0.4) is 0 Å². The van der Waals surface area contributed by atoms with Gasteiger partial charge < -0.3 is 20.9 Å². The summed E-state index contributed by atoms with van der Waals surface area (Å²) in [5, 5.41) is 15.7. The van der Waals surface area contributed by atoms with Crippen molar-refractivity contribution in [1.29, 1.82) is 0 Å². The van der Waals surface area contributed by atoms with Crippen molar-refractivity contribution in [3.05, 3.63) is 83.4 Å². The van der Waals surface area contributed by atoms with E-state index in [4.69, 9.17) is 20.9 Å². The molecular formula is C22H28N8O2. The van der Waals surface area contributed by atoms with Crippen LogP contribution in [-0.2, 0) is 26.2 Å². The van der Waals surface area contributed by atoms with Crippen molar-refractivity contribution < 1.29 is 9.47 Å². The second kappa shape index (κ2) is 11.6. The molecule has 0 bridgehead atoms. The van der Waals surface area contributed by atoms with E-state index in [-0.39, 0.29) is 0 Å². The van der Waals surface area contributed by atoms with Crippen LogP contribution in [0.5, 0.6) is 11.5 Å². The zero-order valence-electron chi connectivity index (χ0n) is 18.3. The number of nitrogens with two attached hydrogens (primary N) is 2. The first kappa shape index (κ1) is 22.9. The van der Waals surface area contributed by atoms with Gasteiger partial charge in [-0.25, -0.2) is 9.36 Å². The second-order valence-corrected chi connectivity index (χ2v) is 6.89. The third kappa shape index (κ3) is 6.37. The molecule has 0 aliphatic rings. The quantitative estimate of drug-likeness (QED) is 0.426. The standard InChI is InChI=1S/2C11H14N4O/c1-16-11-4-2-9(3-5-11)8-15-10(6-12)7-13-14-15;1-16-11-4-2-9(3-5-11)7-15-8-10(6-12)13-14-15/h2-5,7H,6,8,12H2,1H3;2-5,8H,6-7,12H2,1H3. The van der Waals surface area contributed by atoms with E-state index in [1.54, 1.807) is 29.8 Å². The lowest BCUT2D eigenvalue weighted by molar-refractivity contribution is 0.414. The van der Waals surface area contributed by atoms with E-state index in [9.17, 15) is 0 Å². The molecule has 10 nitrogen and oxygen atoms in total. The maximum atomic E-state index is 5.57. The van der Waals surface area contributed by atoms with E-state index in [1.165, 1.54) is 0 Å². The van der Waals surface area contributed by atoms with Gasteiger partial charge in [-0.05, 0) is 35.4 Å². The molecule has 4 N–H and O–H groups in total. The monoisotopic (exact) mass is 436 g/mol. The van der Waals surface area contributed by atoms with Crippen LogP contribution in [0, 0.1) is 0 Å². The SMILES string of the molecule is COc1ccc(Cn2cc(CN)nn2)cc1.COc1ccc(Cn2nncc2CN)cc1. The third-order valence-corrected chi connectivity index (χ3v) is 4.70. The molecule has 0 saturated heterocycles. The zero-order valence-corrected chi connectivity index (χ0v) is 18.3. The number of nitrogens with zero attached hydrogens (tertiary/aromatic N) is 6. The van der Waals surface area contributed by atoms with Crippen molar-refractivity contribution in [2.24, 2.45) is 11.5 Å². The van der Waals surface area contributed by atoms with Gasteiger partial charge in [-0.1, -0.05) is 34.7 Å². The van der Waals surface area contributed by atoms with Gasteiger partial charge in [0.2, 0.25) is 0 Å². The van der Waals surface area contributed by atoms with E-state index >= 15 is 0 Å². The van der Waals surface area contributed by atoms with E-state index in [0.717, 1.165) is 34.0 Å². The van der Waals surface area contributed by atoms with Gasteiger partial charge in [-0.2, -0.15) is 0 Å². The highest BCUT2D eigenvalue weighted by molar-refractivity contribution is 5.28. The van der Waals surface area contributed by atoms with Crippen LogP contribution in [-0.4, -0.2) is 44.2 Å². The lowest BCUT2D eigenvalue weighted by atomic mass is 10.2. The molecule has 0 amide bonds. The van der Waals surface area contributed by atoms with E-state index in [2.05, 4.69) is 20.6 Å². The summed E-state index contributed by atoms with van der Waals surface area (Å²) in [6.07, 6.45) is 3.54. The summed E-state index contributed by atoms with van der Waals surface area (Å²) in [7, 11) is 3.30. The number of hydrogen-bond acceptors (Lipinski definition) is 8. The van der Waals surface area contributed by atoms with Crippen LogP contribution < -0.4 is 20.9 Å². The van der Waals surface area contributed by atoms with E-state index < -0.39 is 0 Å². The Bertz CT molecular complexity index is 1070. The number of ether oxygens (including phenoxy) is 2. The average molecular weight is 437 g/mol. The van der Waals surface area contributed by atoms with Gasteiger partial charge in [-0.3, -0.25) is 0 Å². The minimum absolute atomic E-state index is 0.419. The Kier molecular flexibility index (Phi) is 8.29. The van der Waals surface area contributed by atoms with Crippen molar-refractivity contribution in [1.82, 2.24) is 30.0 Å². The van der Waals surface area contributed by atoms with Crippen molar-refractivity contribution in [3.8, 4) is 11.5 Å². The van der Waals surface area contributed by atoms with Crippen LogP contribution >= 0.6 is 0 Å². The van der Waals surface area contributed by atoms with Gasteiger partial charge in [0, 0.05) is 13.1 Å². The molecule has 0 unspecified atom stereocenters. The Labute approximate surface area is 186 Å². The summed E-state index contributed by atoms with van der Waals surface area (Å²) in [5.74, 6) is 1.70. The molecule has 168 valence electrons. The fraction of sp³-hybridized carbons (Fsp3) is 0.273. The molecule has 4 aromatic rings. The fourth-order valence-electron chi connectivity index (χ4n) is 2.90. The van der Waals surface area contributed by atoms with Gasteiger partial charge in [0.25, 0.3) is 0 Å². The Morgan fingerprint density at radius 2 is 1.38 bits per heavy atom. The summed E-state index contributed by atoms with van der Waals surface area (Å²) in [5.41, 5.74) is 15.0. The lowest BCUT2D eigenvalue weighted by Gasteiger charge is -2.05. The number of hydrogen-bond donors (Lipinski definition) is 2. The van der Waals surface area contributed by atoms with Crippen LogP contribution in [0.25, 0.3) is 0 Å².